The molecule has 0 spiro atoms. The minimum Gasteiger partial charge on any atom is -0.488 e. The molecule has 2 rings (SSSR count). The summed E-state index contributed by atoms with van der Waals surface area (Å²) in [6, 6.07) is 6.65. The maximum atomic E-state index is 11.4. The van der Waals surface area contributed by atoms with Crippen LogP contribution in [0.15, 0.2) is 18.2 Å². The minimum absolute atomic E-state index is 0.0647. The van der Waals surface area contributed by atoms with Gasteiger partial charge in [0.15, 0.2) is 0 Å². The standard InChI is InChI=1S/C19H28N4O5S/c1-19(2,3)17(11-13-7-9-23(10-8-13)18(24)25)28-16-6-4-5-15(14(16)12-20)22-29(21,26)27/h4-6,13,17,22H,7-11H2,1-3H3,(H,24,25)(H2,21,26,27). The number of rotatable bonds is 6. The first-order chi connectivity index (χ1) is 13.4. The molecule has 1 atom stereocenters. The number of nitrogens with one attached hydrogen (secondary N) is 1. The lowest BCUT2D eigenvalue weighted by atomic mass is 9.80. The maximum Gasteiger partial charge on any atom is 0.407 e. The largest absolute Gasteiger partial charge is 0.488 e. The van der Waals surface area contributed by atoms with Crippen LogP contribution >= 0.6 is 0 Å². The van der Waals surface area contributed by atoms with Crippen LogP contribution in [0.1, 0.15) is 45.6 Å². The van der Waals surface area contributed by atoms with Crippen molar-refractivity contribution in [3.63, 3.8) is 0 Å². The molecule has 29 heavy (non-hydrogen) atoms. The van der Waals surface area contributed by atoms with Gasteiger partial charge in [0.1, 0.15) is 23.5 Å². The van der Waals surface area contributed by atoms with E-state index in [1.807, 2.05) is 26.8 Å². The molecule has 1 heterocycles. The zero-order valence-corrected chi connectivity index (χ0v) is 17.7. The predicted molar refractivity (Wildman–Crippen MR) is 109 cm³/mol. The fourth-order valence-corrected chi connectivity index (χ4v) is 3.85. The van der Waals surface area contributed by atoms with E-state index in [4.69, 9.17) is 15.0 Å². The summed E-state index contributed by atoms with van der Waals surface area (Å²) < 4.78 is 31.1. The second kappa shape index (κ2) is 8.88. The van der Waals surface area contributed by atoms with Gasteiger partial charge >= 0.3 is 6.09 Å². The summed E-state index contributed by atoms with van der Waals surface area (Å²) in [7, 11) is -4.03. The summed E-state index contributed by atoms with van der Waals surface area (Å²) in [5, 5.41) is 23.7. The number of nitriles is 1. The maximum absolute atomic E-state index is 11.4. The van der Waals surface area contributed by atoms with Gasteiger partial charge in [-0.1, -0.05) is 26.8 Å². The number of nitrogens with zero attached hydrogens (tertiary/aromatic N) is 2. The second-order valence-corrected chi connectivity index (χ2v) is 9.65. The number of hydrogen-bond donors (Lipinski definition) is 3. The Labute approximate surface area is 171 Å². The van der Waals surface area contributed by atoms with Gasteiger partial charge in [-0.2, -0.15) is 13.7 Å². The third kappa shape index (κ3) is 6.51. The highest BCUT2D eigenvalue weighted by molar-refractivity contribution is 7.90. The normalized spacial score (nSPS) is 16.7. The van der Waals surface area contributed by atoms with Crippen LogP contribution in [-0.2, 0) is 10.2 Å². The van der Waals surface area contributed by atoms with Crippen LogP contribution in [-0.4, -0.2) is 43.7 Å². The van der Waals surface area contributed by atoms with Gasteiger partial charge in [0, 0.05) is 13.1 Å². The van der Waals surface area contributed by atoms with E-state index in [-0.39, 0.29) is 28.5 Å². The third-order valence-electron chi connectivity index (χ3n) is 5.06. The Morgan fingerprint density at radius 1 is 1.41 bits per heavy atom. The highest BCUT2D eigenvalue weighted by Gasteiger charge is 2.32. The predicted octanol–water partition coefficient (Wildman–Crippen LogP) is 2.75. The van der Waals surface area contributed by atoms with Crippen molar-refractivity contribution in [2.75, 3.05) is 17.8 Å². The van der Waals surface area contributed by atoms with Gasteiger partial charge in [0.05, 0.1) is 5.69 Å². The molecule has 1 aromatic rings. The Bertz CT molecular complexity index is 881. The SMILES string of the molecule is CC(C)(C)C(CC1CCN(C(=O)O)CC1)Oc1cccc(NS(N)(=O)=O)c1C#N. The van der Waals surface area contributed by atoms with E-state index in [9.17, 15) is 18.5 Å². The average molecular weight is 425 g/mol. The molecular weight excluding hydrogens is 396 g/mol. The van der Waals surface area contributed by atoms with E-state index in [1.54, 1.807) is 12.1 Å². The topological polar surface area (TPSA) is 146 Å². The van der Waals surface area contributed by atoms with Gasteiger partial charge in [0.25, 0.3) is 10.2 Å². The molecule has 0 bridgehead atoms. The van der Waals surface area contributed by atoms with Gasteiger partial charge in [-0.3, -0.25) is 4.72 Å². The number of benzene rings is 1. The lowest BCUT2D eigenvalue weighted by Crippen LogP contribution is -2.40. The lowest BCUT2D eigenvalue weighted by molar-refractivity contribution is 0.0491. The molecule has 1 amide bonds. The molecule has 4 N–H and O–H groups in total. The molecule has 1 aromatic carbocycles. The Hall–Kier alpha value is -2.51. The zero-order chi connectivity index (χ0) is 21.8. The van der Waals surface area contributed by atoms with Gasteiger partial charge in [-0.15, -0.1) is 0 Å². The Balaban J connectivity index is 2.20. The van der Waals surface area contributed by atoms with E-state index in [2.05, 4.69) is 4.72 Å². The molecule has 1 aliphatic rings. The van der Waals surface area contributed by atoms with E-state index >= 15 is 0 Å². The first-order valence-electron chi connectivity index (χ1n) is 9.39. The molecule has 1 aliphatic heterocycles. The average Bonchev–Trinajstić information content (AvgIpc) is 2.59. The number of amides is 1. The second-order valence-electron chi connectivity index (χ2n) is 8.36. The van der Waals surface area contributed by atoms with Crippen molar-refractivity contribution in [2.45, 2.75) is 46.1 Å². The van der Waals surface area contributed by atoms with Crippen LogP contribution in [0.25, 0.3) is 0 Å². The molecule has 10 heteroatoms. The summed E-state index contributed by atoms with van der Waals surface area (Å²) >= 11 is 0. The number of likely N-dealkylation sites (tertiary alicyclic amines) is 1. The van der Waals surface area contributed by atoms with E-state index in [1.165, 1.54) is 11.0 Å². The number of carbonyl (C=O) groups is 1. The van der Waals surface area contributed by atoms with Crippen molar-refractivity contribution < 1.29 is 23.1 Å². The van der Waals surface area contributed by atoms with Crippen LogP contribution < -0.4 is 14.6 Å². The van der Waals surface area contributed by atoms with Crippen molar-refractivity contribution in [1.29, 1.82) is 5.26 Å². The first-order valence-corrected chi connectivity index (χ1v) is 10.9. The Morgan fingerprint density at radius 2 is 2.03 bits per heavy atom. The van der Waals surface area contributed by atoms with Crippen LogP contribution in [0.2, 0.25) is 0 Å². The van der Waals surface area contributed by atoms with Crippen molar-refractivity contribution in [2.24, 2.45) is 16.5 Å². The molecule has 0 radical (unpaired) electrons. The molecule has 9 nitrogen and oxygen atoms in total. The van der Waals surface area contributed by atoms with Gasteiger partial charge in [-0.25, -0.2) is 9.93 Å². The summed E-state index contributed by atoms with van der Waals surface area (Å²) in [6.07, 6.45) is 1.06. The highest BCUT2D eigenvalue weighted by atomic mass is 32.2. The van der Waals surface area contributed by atoms with Crippen LogP contribution in [0.4, 0.5) is 10.5 Å². The van der Waals surface area contributed by atoms with Crippen molar-refractivity contribution in [3.05, 3.63) is 23.8 Å². The molecule has 1 saturated heterocycles. The van der Waals surface area contributed by atoms with Gasteiger partial charge in [0.2, 0.25) is 0 Å². The highest BCUT2D eigenvalue weighted by Crippen LogP contribution is 2.35. The quantitative estimate of drug-likeness (QED) is 0.640. The number of ether oxygens (including phenoxy) is 1. The number of hydrogen-bond acceptors (Lipinski definition) is 5. The summed E-state index contributed by atoms with van der Waals surface area (Å²) in [5.41, 5.74) is -0.119. The number of carboxylic acid groups (broad SMARTS) is 1. The van der Waals surface area contributed by atoms with Crippen molar-refractivity contribution >= 4 is 22.0 Å². The van der Waals surface area contributed by atoms with Gasteiger partial charge < -0.3 is 14.7 Å². The Morgan fingerprint density at radius 3 is 2.52 bits per heavy atom. The van der Waals surface area contributed by atoms with Crippen LogP contribution in [0.3, 0.4) is 0 Å². The number of anilines is 1. The summed E-state index contributed by atoms with van der Waals surface area (Å²) in [6.45, 7) is 7.08. The molecule has 1 unspecified atom stereocenters. The van der Waals surface area contributed by atoms with Crippen molar-refractivity contribution in [3.8, 4) is 11.8 Å². The van der Waals surface area contributed by atoms with E-state index in [0.29, 0.717) is 25.4 Å². The molecule has 0 aliphatic carbocycles. The third-order valence-corrected chi connectivity index (χ3v) is 5.56. The molecular formula is C19H28N4O5S. The van der Waals surface area contributed by atoms with Crippen LogP contribution in [0, 0.1) is 22.7 Å². The fraction of sp³-hybridized carbons (Fsp3) is 0.579. The number of piperidine rings is 1. The van der Waals surface area contributed by atoms with Crippen molar-refractivity contribution in [1.82, 2.24) is 4.90 Å². The number of nitrogens with two attached hydrogens (primary N) is 1. The van der Waals surface area contributed by atoms with E-state index < -0.39 is 16.3 Å². The monoisotopic (exact) mass is 424 g/mol. The summed E-state index contributed by atoms with van der Waals surface area (Å²) in [5.74, 6) is 0.579. The molecule has 1 fully saturated rings. The van der Waals surface area contributed by atoms with E-state index in [0.717, 1.165) is 12.8 Å². The molecule has 160 valence electrons. The summed E-state index contributed by atoms with van der Waals surface area (Å²) in [4.78, 5) is 12.5. The van der Waals surface area contributed by atoms with Crippen LogP contribution in [0.5, 0.6) is 5.75 Å². The molecule has 0 saturated carbocycles. The zero-order valence-electron chi connectivity index (χ0n) is 16.9. The minimum atomic E-state index is -4.03. The first kappa shape index (κ1) is 22.8. The smallest absolute Gasteiger partial charge is 0.407 e. The van der Waals surface area contributed by atoms with Gasteiger partial charge in [-0.05, 0) is 42.7 Å². The fourth-order valence-electron chi connectivity index (χ4n) is 3.38. The Kier molecular flexibility index (Phi) is 6.97. The lowest BCUT2D eigenvalue weighted by Gasteiger charge is -2.37. The molecule has 0 aromatic heterocycles.